The zero-order chi connectivity index (χ0) is 14.7. The van der Waals surface area contributed by atoms with Crippen LogP contribution in [0.4, 0.5) is 0 Å². The number of rotatable bonds is 9. The van der Waals surface area contributed by atoms with E-state index in [1.54, 1.807) is 0 Å². The lowest BCUT2D eigenvalue weighted by Gasteiger charge is -2.20. The molecule has 0 aliphatic rings. The van der Waals surface area contributed by atoms with E-state index in [2.05, 4.69) is 22.9 Å². The Labute approximate surface area is 123 Å². The number of nitrogens with two attached hydrogens (primary N) is 1. The fraction of sp³-hybridized carbons (Fsp3) is 0.857. The van der Waals surface area contributed by atoms with E-state index in [4.69, 9.17) is 5.73 Å². The third kappa shape index (κ3) is 13.5. The summed E-state index contributed by atoms with van der Waals surface area (Å²) < 4.78 is 0. The molecule has 0 aliphatic carbocycles. The van der Waals surface area contributed by atoms with Gasteiger partial charge in [0.05, 0.1) is 5.84 Å². The van der Waals surface area contributed by atoms with Crippen molar-refractivity contribution in [3.05, 3.63) is 0 Å². The van der Waals surface area contributed by atoms with Crippen LogP contribution in [0.3, 0.4) is 0 Å². The Morgan fingerprint density at radius 3 is 2.42 bits per heavy atom. The van der Waals surface area contributed by atoms with Gasteiger partial charge in [0.1, 0.15) is 0 Å². The highest BCUT2D eigenvalue weighted by Gasteiger charge is 2.12. The van der Waals surface area contributed by atoms with E-state index in [9.17, 15) is 4.79 Å². The van der Waals surface area contributed by atoms with Gasteiger partial charge in [0, 0.05) is 24.9 Å². The third-order valence-electron chi connectivity index (χ3n) is 2.48. The van der Waals surface area contributed by atoms with Crippen LogP contribution in [0, 0.1) is 0 Å². The van der Waals surface area contributed by atoms with Crippen LogP contribution in [0.1, 0.15) is 59.3 Å². The molecule has 0 bridgehead atoms. The first-order valence-electron chi connectivity index (χ1n) is 7.06. The molecule has 0 atom stereocenters. The highest BCUT2D eigenvalue weighted by Crippen LogP contribution is 2.04. The van der Waals surface area contributed by atoms with Crippen LogP contribution in [0.5, 0.6) is 0 Å². The molecule has 0 spiro atoms. The zero-order valence-electron chi connectivity index (χ0n) is 12.5. The quantitative estimate of drug-likeness (QED) is 0.264. The fourth-order valence-corrected chi connectivity index (χ4v) is 1.77. The normalized spacial score (nSPS) is 12.5. The Bertz CT molecular complexity index is 285. The molecule has 0 aromatic rings. The van der Waals surface area contributed by atoms with Crippen molar-refractivity contribution in [2.75, 3.05) is 12.3 Å². The third-order valence-corrected chi connectivity index (χ3v) is 2.80. The van der Waals surface area contributed by atoms with Crippen LogP contribution in [0.15, 0.2) is 4.99 Å². The first-order chi connectivity index (χ1) is 8.85. The molecule has 0 heterocycles. The van der Waals surface area contributed by atoms with Crippen molar-refractivity contribution < 1.29 is 4.79 Å². The summed E-state index contributed by atoms with van der Waals surface area (Å²) in [6.45, 7) is 6.74. The molecule has 0 rings (SSSR count). The molecule has 0 fully saturated rings. The van der Waals surface area contributed by atoms with Crippen LogP contribution in [0.25, 0.3) is 0 Å². The van der Waals surface area contributed by atoms with Gasteiger partial charge in [-0.25, -0.2) is 0 Å². The number of hydrogen-bond acceptors (Lipinski definition) is 3. The molecule has 0 aliphatic heterocycles. The van der Waals surface area contributed by atoms with E-state index in [1.165, 1.54) is 0 Å². The Kier molecular flexibility index (Phi) is 9.74. The van der Waals surface area contributed by atoms with Crippen molar-refractivity contribution in [3.63, 3.8) is 0 Å². The number of amides is 1. The largest absolute Gasteiger partial charge is 0.387 e. The van der Waals surface area contributed by atoms with Crippen molar-refractivity contribution >= 4 is 24.4 Å². The van der Waals surface area contributed by atoms with Gasteiger partial charge in [0.25, 0.3) is 0 Å². The molecule has 4 nitrogen and oxygen atoms in total. The molecule has 5 heteroatoms. The monoisotopic (exact) mass is 287 g/mol. The maximum absolute atomic E-state index is 11.6. The van der Waals surface area contributed by atoms with Gasteiger partial charge < -0.3 is 11.1 Å². The average molecular weight is 287 g/mol. The highest BCUT2D eigenvalue weighted by atomic mass is 32.1. The van der Waals surface area contributed by atoms with E-state index >= 15 is 0 Å². The molecule has 0 saturated carbocycles. The minimum atomic E-state index is -0.136. The smallest absolute Gasteiger partial charge is 0.220 e. The van der Waals surface area contributed by atoms with Crippen molar-refractivity contribution in [1.29, 1.82) is 0 Å². The van der Waals surface area contributed by atoms with Crippen molar-refractivity contribution in [2.24, 2.45) is 10.7 Å². The van der Waals surface area contributed by atoms with Crippen LogP contribution < -0.4 is 11.1 Å². The number of thiol groups is 1. The number of unbranched alkanes of at least 4 members (excludes halogenated alkanes) is 2. The maximum atomic E-state index is 11.6. The van der Waals surface area contributed by atoms with E-state index in [1.807, 2.05) is 20.8 Å². The Balaban J connectivity index is 3.52. The molecule has 0 unspecified atom stereocenters. The fourth-order valence-electron chi connectivity index (χ4n) is 1.62. The van der Waals surface area contributed by atoms with Gasteiger partial charge in [-0.3, -0.25) is 9.79 Å². The first-order valence-corrected chi connectivity index (χ1v) is 7.69. The molecule has 19 heavy (non-hydrogen) atoms. The number of nitrogens with zero attached hydrogens (tertiary/aromatic N) is 1. The molecular formula is C14H29N3OS. The number of carbonyl (C=O) groups excluding carboxylic acids is 1. The van der Waals surface area contributed by atoms with Crippen LogP contribution in [-0.4, -0.2) is 29.6 Å². The molecule has 3 N–H and O–H groups in total. The number of carbonyl (C=O) groups is 1. The van der Waals surface area contributed by atoms with Gasteiger partial charge in [-0.2, -0.15) is 12.6 Å². The minimum Gasteiger partial charge on any atom is -0.387 e. The first kappa shape index (κ1) is 18.3. The summed E-state index contributed by atoms with van der Waals surface area (Å²) in [7, 11) is 0. The van der Waals surface area contributed by atoms with Gasteiger partial charge >= 0.3 is 0 Å². The van der Waals surface area contributed by atoms with Crippen LogP contribution in [0.2, 0.25) is 0 Å². The van der Waals surface area contributed by atoms with Gasteiger partial charge in [-0.05, 0) is 45.8 Å². The Morgan fingerprint density at radius 2 is 1.84 bits per heavy atom. The SMILES string of the molecule is CC(C)(C)NC(=O)CCCCCN=C(N)CCCS. The molecule has 0 aromatic heterocycles. The van der Waals surface area contributed by atoms with E-state index in [0.29, 0.717) is 6.42 Å². The molecule has 0 saturated heterocycles. The van der Waals surface area contributed by atoms with Gasteiger partial charge in [-0.1, -0.05) is 6.42 Å². The van der Waals surface area contributed by atoms with Crippen molar-refractivity contribution in [2.45, 2.75) is 64.8 Å². The lowest BCUT2D eigenvalue weighted by Crippen LogP contribution is -2.40. The molecule has 0 radical (unpaired) electrons. The Morgan fingerprint density at radius 1 is 1.16 bits per heavy atom. The van der Waals surface area contributed by atoms with Gasteiger partial charge in [0.2, 0.25) is 5.91 Å². The summed E-state index contributed by atoms with van der Waals surface area (Å²) in [4.78, 5) is 15.8. The van der Waals surface area contributed by atoms with Gasteiger partial charge in [-0.15, -0.1) is 0 Å². The molecule has 0 aromatic carbocycles. The van der Waals surface area contributed by atoms with Crippen LogP contribution >= 0.6 is 12.6 Å². The summed E-state index contributed by atoms with van der Waals surface area (Å²) in [6.07, 6.45) is 5.32. The predicted octanol–water partition coefficient (Wildman–Crippen LogP) is 2.53. The molecule has 112 valence electrons. The summed E-state index contributed by atoms with van der Waals surface area (Å²) in [5, 5.41) is 2.96. The molecular weight excluding hydrogens is 258 g/mol. The summed E-state index contributed by atoms with van der Waals surface area (Å²) in [5.41, 5.74) is 5.61. The van der Waals surface area contributed by atoms with E-state index in [-0.39, 0.29) is 11.4 Å². The van der Waals surface area contributed by atoms with E-state index in [0.717, 1.165) is 50.2 Å². The van der Waals surface area contributed by atoms with Crippen molar-refractivity contribution in [3.8, 4) is 0 Å². The lowest BCUT2D eigenvalue weighted by molar-refractivity contribution is -0.122. The van der Waals surface area contributed by atoms with E-state index < -0.39 is 0 Å². The second-order valence-electron chi connectivity index (χ2n) is 5.81. The number of amidine groups is 1. The lowest BCUT2D eigenvalue weighted by atomic mass is 10.1. The molecule has 1 amide bonds. The maximum Gasteiger partial charge on any atom is 0.220 e. The topological polar surface area (TPSA) is 67.5 Å². The van der Waals surface area contributed by atoms with Crippen molar-refractivity contribution in [1.82, 2.24) is 5.32 Å². The number of hydrogen-bond donors (Lipinski definition) is 3. The average Bonchev–Trinajstić information content (AvgIpc) is 2.28. The summed E-state index contributed by atoms with van der Waals surface area (Å²) in [6, 6.07) is 0. The Hall–Kier alpha value is -0.710. The zero-order valence-corrected chi connectivity index (χ0v) is 13.4. The van der Waals surface area contributed by atoms with Gasteiger partial charge in [0.15, 0.2) is 0 Å². The number of nitrogens with one attached hydrogen (secondary N) is 1. The second kappa shape index (κ2) is 10.1. The predicted molar refractivity (Wildman–Crippen MR) is 85.9 cm³/mol. The van der Waals surface area contributed by atoms with Crippen LogP contribution in [-0.2, 0) is 4.79 Å². The number of aliphatic imine (C=N–C) groups is 1. The summed E-state index contributed by atoms with van der Waals surface area (Å²) >= 11 is 4.13. The summed E-state index contributed by atoms with van der Waals surface area (Å²) in [5.74, 6) is 1.70. The minimum absolute atomic E-state index is 0.129. The second-order valence-corrected chi connectivity index (χ2v) is 6.26. The highest BCUT2D eigenvalue weighted by molar-refractivity contribution is 7.80. The standard InChI is InChI=1S/C14H29N3OS/c1-14(2,3)17-13(18)9-5-4-6-10-16-12(15)8-7-11-19/h19H,4-11H2,1-3H3,(H2,15,16)(H,17,18).